The van der Waals surface area contributed by atoms with Gasteiger partial charge in [0.2, 0.25) is 10.0 Å². The van der Waals surface area contributed by atoms with E-state index in [0.717, 1.165) is 12.8 Å². The third kappa shape index (κ3) is 2.20. The summed E-state index contributed by atoms with van der Waals surface area (Å²) in [5, 5.41) is 8.75. The van der Waals surface area contributed by atoms with Crippen LogP contribution < -0.4 is 0 Å². The topological polar surface area (TPSA) is 61.2 Å². The highest BCUT2D eigenvalue weighted by Gasteiger charge is 2.31. The summed E-state index contributed by atoms with van der Waals surface area (Å²) in [4.78, 5) is 0. The van der Waals surface area contributed by atoms with E-state index in [1.807, 2.05) is 13.0 Å². The Balaban J connectivity index is 2.83. The van der Waals surface area contributed by atoms with Gasteiger partial charge in [-0.05, 0) is 19.3 Å². The van der Waals surface area contributed by atoms with Crippen molar-refractivity contribution in [1.29, 1.82) is 5.26 Å². The maximum Gasteiger partial charge on any atom is 0.215 e. The second-order valence-corrected chi connectivity index (χ2v) is 5.23. The largest absolute Gasteiger partial charge is 0.215 e. The molecule has 0 spiro atoms. The van der Waals surface area contributed by atoms with Crippen LogP contribution in [0.5, 0.6) is 0 Å². The van der Waals surface area contributed by atoms with Crippen LogP contribution in [0, 0.1) is 11.3 Å². The fraction of sp³-hybridized carbons (Fsp3) is 0.875. The van der Waals surface area contributed by atoms with Gasteiger partial charge in [0.15, 0.2) is 0 Å². The molecule has 1 saturated heterocycles. The van der Waals surface area contributed by atoms with Crippen LogP contribution in [0.25, 0.3) is 0 Å². The Morgan fingerprint density at radius 2 is 2.23 bits per heavy atom. The van der Waals surface area contributed by atoms with Gasteiger partial charge in [-0.25, -0.2) is 8.42 Å². The zero-order valence-electron chi connectivity index (χ0n) is 7.73. The predicted molar refractivity (Wildman–Crippen MR) is 49.4 cm³/mol. The van der Waals surface area contributed by atoms with Gasteiger partial charge in [-0.3, -0.25) is 0 Å². The lowest BCUT2D eigenvalue weighted by molar-refractivity contribution is 0.338. The number of hydrogen-bond donors (Lipinski definition) is 0. The molecule has 0 N–H and O–H groups in total. The van der Waals surface area contributed by atoms with Crippen LogP contribution in [-0.4, -0.2) is 31.1 Å². The number of sulfonamides is 1. The van der Waals surface area contributed by atoms with Crippen LogP contribution in [0.4, 0.5) is 0 Å². The van der Waals surface area contributed by atoms with Gasteiger partial charge in [-0.2, -0.15) is 9.57 Å². The summed E-state index contributed by atoms with van der Waals surface area (Å²) in [6.07, 6.45) is 2.16. The normalized spacial score (nSPS) is 24.9. The molecule has 0 saturated carbocycles. The Labute approximate surface area is 79.2 Å². The van der Waals surface area contributed by atoms with E-state index in [4.69, 9.17) is 5.26 Å². The summed E-state index contributed by atoms with van der Waals surface area (Å²) in [6, 6.07) is 1.56. The van der Waals surface area contributed by atoms with Crippen LogP contribution >= 0.6 is 0 Å². The minimum atomic E-state index is -3.14. The predicted octanol–water partition coefficient (Wildman–Crippen LogP) is 0.714. The molecule has 0 aromatic rings. The quantitative estimate of drug-likeness (QED) is 0.662. The summed E-state index contributed by atoms with van der Waals surface area (Å²) < 4.78 is 24.4. The Morgan fingerprint density at radius 1 is 1.54 bits per heavy atom. The molecule has 0 aromatic heterocycles. The molecule has 1 rings (SSSR count). The highest BCUT2D eigenvalue weighted by atomic mass is 32.2. The first-order valence-electron chi connectivity index (χ1n) is 4.51. The van der Waals surface area contributed by atoms with E-state index < -0.39 is 16.1 Å². The zero-order chi connectivity index (χ0) is 9.90. The summed E-state index contributed by atoms with van der Waals surface area (Å²) in [5.74, 6) is 0.200. The highest BCUT2D eigenvalue weighted by Crippen LogP contribution is 2.17. The fourth-order valence-electron chi connectivity index (χ4n) is 1.52. The van der Waals surface area contributed by atoms with Crippen molar-refractivity contribution >= 4 is 10.0 Å². The van der Waals surface area contributed by atoms with Gasteiger partial charge >= 0.3 is 0 Å². The molecule has 1 atom stereocenters. The Morgan fingerprint density at radius 3 is 2.69 bits per heavy atom. The molecular weight excluding hydrogens is 188 g/mol. The number of rotatable bonds is 2. The monoisotopic (exact) mass is 202 g/mol. The Kier molecular flexibility index (Phi) is 3.28. The van der Waals surface area contributed by atoms with E-state index >= 15 is 0 Å². The average molecular weight is 202 g/mol. The summed E-state index contributed by atoms with van der Waals surface area (Å²) in [6.45, 7) is 2.34. The first-order valence-corrected chi connectivity index (χ1v) is 6.12. The van der Waals surface area contributed by atoms with Crippen molar-refractivity contribution in [3.05, 3.63) is 0 Å². The second kappa shape index (κ2) is 4.07. The van der Waals surface area contributed by atoms with Crippen molar-refractivity contribution in [2.45, 2.75) is 32.2 Å². The van der Waals surface area contributed by atoms with Crippen molar-refractivity contribution in [2.24, 2.45) is 0 Å². The lowest BCUT2D eigenvalue weighted by Crippen LogP contribution is -2.43. The van der Waals surface area contributed by atoms with Crippen LogP contribution in [0.2, 0.25) is 0 Å². The van der Waals surface area contributed by atoms with Crippen molar-refractivity contribution in [1.82, 2.24) is 4.31 Å². The van der Waals surface area contributed by atoms with Crippen molar-refractivity contribution < 1.29 is 8.42 Å². The summed E-state index contributed by atoms with van der Waals surface area (Å²) in [5.41, 5.74) is 0. The molecule has 1 fully saturated rings. The second-order valence-electron chi connectivity index (χ2n) is 3.19. The molecule has 5 heteroatoms. The molecule has 0 radical (unpaired) electrons. The molecule has 0 bridgehead atoms. The standard InChI is InChI=1S/C8H14N2O2S/c1-2-8(7-9)10-5-3-4-6-13(10,11)12/h8H,2-6H2,1H3. The van der Waals surface area contributed by atoms with Gasteiger partial charge in [-0.15, -0.1) is 0 Å². The summed E-state index contributed by atoms with van der Waals surface area (Å²) in [7, 11) is -3.14. The van der Waals surface area contributed by atoms with Gasteiger partial charge in [0, 0.05) is 6.54 Å². The molecule has 1 heterocycles. The maximum atomic E-state index is 11.5. The highest BCUT2D eigenvalue weighted by molar-refractivity contribution is 7.89. The lowest BCUT2D eigenvalue weighted by atomic mass is 10.2. The first-order chi connectivity index (χ1) is 6.11. The van der Waals surface area contributed by atoms with Gasteiger partial charge in [0.05, 0.1) is 11.8 Å². The smallest absolute Gasteiger partial charge is 0.212 e. The lowest BCUT2D eigenvalue weighted by Gasteiger charge is -2.29. The molecule has 0 amide bonds. The van der Waals surface area contributed by atoms with E-state index in [-0.39, 0.29) is 5.75 Å². The van der Waals surface area contributed by atoms with E-state index in [1.54, 1.807) is 0 Å². The van der Waals surface area contributed by atoms with Gasteiger partial charge in [0.1, 0.15) is 6.04 Å². The molecule has 0 aromatic carbocycles. The molecule has 1 aliphatic rings. The van der Waals surface area contributed by atoms with Gasteiger partial charge < -0.3 is 0 Å². The van der Waals surface area contributed by atoms with E-state index in [9.17, 15) is 8.42 Å². The Bertz CT molecular complexity index is 305. The third-order valence-electron chi connectivity index (χ3n) is 2.27. The van der Waals surface area contributed by atoms with E-state index in [1.165, 1.54) is 4.31 Å². The molecule has 1 unspecified atom stereocenters. The van der Waals surface area contributed by atoms with Crippen molar-refractivity contribution in [3.63, 3.8) is 0 Å². The molecule has 4 nitrogen and oxygen atoms in total. The molecule has 0 aliphatic carbocycles. The molecular formula is C8H14N2O2S. The van der Waals surface area contributed by atoms with Crippen LogP contribution in [-0.2, 0) is 10.0 Å². The summed E-state index contributed by atoms with van der Waals surface area (Å²) >= 11 is 0. The van der Waals surface area contributed by atoms with Gasteiger partial charge in [-0.1, -0.05) is 6.92 Å². The third-order valence-corrected chi connectivity index (χ3v) is 4.23. The van der Waals surface area contributed by atoms with Crippen LogP contribution in [0.15, 0.2) is 0 Å². The van der Waals surface area contributed by atoms with Gasteiger partial charge in [0.25, 0.3) is 0 Å². The minimum absolute atomic E-state index is 0.200. The molecule has 13 heavy (non-hydrogen) atoms. The zero-order valence-corrected chi connectivity index (χ0v) is 8.55. The minimum Gasteiger partial charge on any atom is -0.212 e. The number of hydrogen-bond acceptors (Lipinski definition) is 3. The van der Waals surface area contributed by atoms with E-state index in [0.29, 0.717) is 13.0 Å². The molecule has 74 valence electrons. The van der Waals surface area contributed by atoms with Crippen LogP contribution in [0.1, 0.15) is 26.2 Å². The van der Waals surface area contributed by atoms with Crippen LogP contribution in [0.3, 0.4) is 0 Å². The average Bonchev–Trinajstić information content (AvgIpc) is 2.09. The molecule has 1 aliphatic heterocycles. The first kappa shape index (κ1) is 10.5. The van der Waals surface area contributed by atoms with Crippen molar-refractivity contribution in [3.8, 4) is 6.07 Å². The SMILES string of the molecule is CCC(C#N)N1CCCCS1(=O)=O. The number of nitriles is 1. The number of nitrogens with zero attached hydrogens (tertiary/aromatic N) is 2. The maximum absolute atomic E-state index is 11.5. The Hall–Kier alpha value is -0.600. The van der Waals surface area contributed by atoms with E-state index in [2.05, 4.69) is 0 Å². The van der Waals surface area contributed by atoms with Crippen molar-refractivity contribution in [2.75, 3.05) is 12.3 Å². The fourth-order valence-corrected chi connectivity index (χ4v) is 3.31.